The number of nitrogens with zero attached hydrogens (tertiary/aromatic N) is 1. The van der Waals surface area contributed by atoms with Crippen molar-refractivity contribution in [1.29, 1.82) is 0 Å². The molecule has 1 saturated heterocycles. The van der Waals surface area contributed by atoms with E-state index in [-0.39, 0.29) is 25.3 Å². The summed E-state index contributed by atoms with van der Waals surface area (Å²) in [4.78, 5) is 92.4. The van der Waals surface area contributed by atoms with E-state index in [2.05, 4.69) is 21.3 Å². The van der Waals surface area contributed by atoms with Crippen molar-refractivity contribution < 1.29 is 43.0 Å². The number of hydrogen-bond donors (Lipinski definition) is 5. The summed E-state index contributed by atoms with van der Waals surface area (Å²) in [7, 11) is 0. The molecule has 1 aromatic carbocycles. The van der Waals surface area contributed by atoms with E-state index in [4.69, 9.17) is 15.2 Å². The minimum Gasteiger partial charge on any atom is -0.444 e. The smallest absolute Gasteiger partial charge is 0.408 e. The van der Waals surface area contributed by atoms with Gasteiger partial charge < -0.3 is 41.4 Å². The second-order valence-electron chi connectivity index (χ2n) is 14.7. The fourth-order valence-electron chi connectivity index (χ4n) is 5.41. The van der Waals surface area contributed by atoms with Crippen molar-refractivity contribution in [2.24, 2.45) is 11.7 Å². The summed E-state index contributed by atoms with van der Waals surface area (Å²) in [5.74, 6) is -5.27. The number of carbonyl (C=O) groups is 7. The lowest BCUT2D eigenvalue weighted by Gasteiger charge is -2.31. The van der Waals surface area contributed by atoms with E-state index in [0.29, 0.717) is 12.0 Å². The Morgan fingerprint density at radius 2 is 1.54 bits per heavy atom. The number of nitrogens with two attached hydrogens (primary N) is 1. The summed E-state index contributed by atoms with van der Waals surface area (Å²) in [6.45, 7) is 15.3. The van der Waals surface area contributed by atoms with E-state index in [1.807, 2.05) is 20.8 Å². The van der Waals surface area contributed by atoms with Gasteiger partial charge in [-0.1, -0.05) is 57.5 Å². The molecule has 5 unspecified atom stereocenters. The van der Waals surface area contributed by atoms with Crippen LogP contribution in [0.15, 0.2) is 30.3 Å². The summed E-state index contributed by atoms with van der Waals surface area (Å²) in [5, 5.41) is 9.93. The minimum absolute atomic E-state index is 0.0463. The second kappa shape index (κ2) is 17.9. The molecule has 1 fully saturated rings. The minimum atomic E-state index is -1.27. The highest BCUT2D eigenvalue weighted by Gasteiger charge is 2.45. The van der Waals surface area contributed by atoms with E-state index >= 15 is 0 Å². The molecule has 278 valence electrons. The van der Waals surface area contributed by atoms with Gasteiger partial charge in [-0.2, -0.15) is 0 Å². The maximum Gasteiger partial charge on any atom is 0.408 e. The maximum atomic E-state index is 13.9. The van der Waals surface area contributed by atoms with Gasteiger partial charge in [0.2, 0.25) is 29.4 Å². The summed E-state index contributed by atoms with van der Waals surface area (Å²) < 4.78 is 11.5. The second-order valence-corrected chi connectivity index (χ2v) is 14.7. The number of ether oxygens (including phenoxy) is 2. The fourth-order valence-corrected chi connectivity index (χ4v) is 5.41. The number of ketones is 1. The third-order valence-electron chi connectivity index (χ3n) is 7.54. The molecule has 0 spiro atoms. The SMILES string of the molecule is CCCC(NC(=O)C1CC(OC(C)(C)C)CN1C(=O)C(NC(=O)OC(C)(C)C)C(C)C)C(=O)C(=O)NCC(=O)NC(C(N)=O)c1ccccc1. The first kappa shape index (κ1) is 41.6. The third kappa shape index (κ3) is 13.1. The molecule has 50 heavy (non-hydrogen) atoms. The highest BCUT2D eigenvalue weighted by molar-refractivity contribution is 6.38. The molecule has 1 aromatic rings. The number of alkyl carbamates (subject to hydrolysis) is 1. The molecule has 0 aromatic heterocycles. The zero-order chi connectivity index (χ0) is 38.0. The number of rotatable bonds is 15. The van der Waals surface area contributed by atoms with Crippen molar-refractivity contribution in [2.75, 3.05) is 13.1 Å². The Labute approximate surface area is 294 Å². The molecule has 5 atom stereocenters. The molecule has 6 amide bonds. The quantitative estimate of drug-likeness (QED) is 0.168. The monoisotopic (exact) mass is 702 g/mol. The van der Waals surface area contributed by atoms with Gasteiger partial charge in [0.05, 0.1) is 24.3 Å². The number of carbonyl (C=O) groups excluding carboxylic acids is 7. The van der Waals surface area contributed by atoms with Crippen LogP contribution in [0.4, 0.5) is 4.79 Å². The van der Waals surface area contributed by atoms with E-state index < -0.39 is 89.4 Å². The molecule has 1 heterocycles. The summed E-state index contributed by atoms with van der Waals surface area (Å²) >= 11 is 0. The summed E-state index contributed by atoms with van der Waals surface area (Å²) in [6.07, 6.45) is -0.704. The standard InChI is InChI=1S/C35H54N6O9/c1-10-14-23(28(43)31(46)37-18-25(42)39-27(29(36)44)21-15-12-11-13-16-21)38-30(45)24-17-22(49-34(4,5)6)19-41(24)32(47)26(20(2)3)40-33(48)50-35(7,8)9/h11-13,15-16,20,22-24,26-27H,10,14,17-19H2,1-9H3,(H2,36,44)(H,37,46)(H,38,45)(H,39,42)(H,40,48). The van der Waals surface area contributed by atoms with E-state index in [1.165, 1.54) is 4.90 Å². The summed E-state index contributed by atoms with van der Waals surface area (Å²) in [6, 6.07) is 3.74. The van der Waals surface area contributed by atoms with Crippen LogP contribution >= 0.6 is 0 Å². The lowest BCUT2D eigenvalue weighted by molar-refractivity contribution is -0.143. The number of likely N-dealkylation sites (tertiary alicyclic amines) is 1. The number of benzene rings is 1. The van der Waals surface area contributed by atoms with Crippen LogP contribution in [0.3, 0.4) is 0 Å². The zero-order valence-electron chi connectivity index (χ0n) is 30.6. The van der Waals surface area contributed by atoms with Crippen LogP contribution in [-0.2, 0) is 38.2 Å². The number of nitrogens with one attached hydrogen (secondary N) is 4. The van der Waals surface area contributed by atoms with Gasteiger partial charge >= 0.3 is 6.09 Å². The first-order valence-electron chi connectivity index (χ1n) is 16.9. The van der Waals surface area contributed by atoms with Gasteiger partial charge in [-0.25, -0.2) is 4.79 Å². The van der Waals surface area contributed by atoms with E-state index in [0.717, 1.165) is 0 Å². The normalized spacial score (nSPS) is 18.0. The topological polar surface area (TPSA) is 215 Å². The first-order chi connectivity index (χ1) is 23.1. The van der Waals surface area contributed by atoms with E-state index in [9.17, 15) is 33.6 Å². The largest absolute Gasteiger partial charge is 0.444 e. The van der Waals surface area contributed by atoms with Crippen molar-refractivity contribution in [3.63, 3.8) is 0 Å². The number of amides is 6. The fraction of sp³-hybridized carbons (Fsp3) is 0.629. The van der Waals surface area contributed by atoms with Crippen LogP contribution in [0, 0.1) is 5.92 Å². The Balaban J connectivity index is 2.20. The molecule has 1 aliphatic heterocycles. The Hall–Kier alpha value is -4.53. The van der Waals surface area contributed by atoms with Crippen LogP contribution in [-0.4, -0.2) is 94.8 Å². The Morgan fingerprint density at radius 1 is 0.920 bits per heavy atom. The van der Waals surface area contributed by atoms with Gasteiger partial charge in [-0.15, -0.1) is 0 Å². The van der Waals surface area contributed by atoms with Crippen LogP contribution in [0.1, 0.15) is 93.2 Å². The Kier molecular flexibility index (Phi) is 14.9. The molecule has 0 radical (unpaired) electrons. The lowest BCUT2D eigenvalue weighted by atomic mass is 10.0. The maximum absolute atomic E-state index is 13.9. The van der Waals surface area contributed by atoms with Crippen LogP contribution < -0.4 is 27.0 Å². The van der Waals surface area contributed by atoms with Gasteiger partial charge in [0.25, 0.3) is 5.91 Å². The van der Waals surface area contributed by atoms with E-state index in [1.54, 1.807) is 71.9 Å². The average molecular weight is 703 g/mol. The van der Waals surface area contributed by atoms with Crippen LogP contribution in [0.25, 0.3) is 0 Å². The molecule has 0 aliphatic carbocycles. The molecule has 6 N–H and O–H groups in total. The lowest BCUT2D eigenvalue weighted by Crippen LogP contribution is -2.57. The highest BCUT2D eigenvalue weighted by Crippen LogP contribution is 2.27. The van der Waals surface area contributed by atoms with Crippen molar-refractivity contribution in [3.8, 4) is 0 Å². The number of Topliss-reactive ketones (excluding diaryl/α,β-unsaturated/α-hetero) is 1. The highest BCUT2D eigenvalue weighted by atomic mass is 16.6. The molecule has 0 bridgehead atoms. The van der Waals surface area contributed by atoms with Crippen LogP contribution in [0.5, 0.6) is 0 Å². The molecule has 15 heteroatoms. The van der Waals surface area contributed by atoms with Crippen molar-refractivity contribution in [3.05, 3.63) is 35.9 Å². The Morgan fingerprint density at radius 3 is 2.06 bits per heavy atom. The average Bonchev–Trinajstić information content (AvgIpc) is 3.42. The molecular formula is C35H54N6O9. The number of primary amides is 1. The molecular weight excluding hydrogens is 648 g/mol. The third-order valence-corrected chi connectivity index (χ3v) is 7.54. The summed E-state index contributed by atoms with van der Waals surface area (Å²) in [5.41, 5.74) is 4.48. The van der Waals surface area contributed by atoms with Gasteiger partial charge in [0, 0.05) is 13.0 Å². The number of hydrogen-bond acceptors (Lipinski definition) is 9. The van der Waals surface area contributed by atoms with Gasteiger partial charge in [-0.3, -0.25) is 28.8 Å². The zero-order valence-corrected chi connectivity index (χ0v) is 30.6. The van der Waals surface area contributed by atoms with Gasteiger partial charge in [-0.05, 0) is 59.4 Å². The molecule has 0 saturated carbocycles. The first-order valence-corrected chi connectivity index (χ1v) is 16.9. The predicted octanol–water partition coefficient (Wildman–Crippen LogP) is 1.63. The predicted molar refractivity (Wildman–Crippen MR) is 184 cm³/mol. The molecule has 1 aliphatic rings. The van der Waals surface area contributed by atoms with Crippen molar-refractivity contribution >= 4 is 41.4 Å². The van der Waals surface area contributed by atoms with Crippen molar-refractivity contribution in [2.45, 2.75) is 123 Å². The molecule has 15 nitrogen and oxygen atoms in total. The van der Waals surface area contributed by atoms with Gasteiger partial charge in [0.1, 0.15) is 23.7 Å². The molecule has 2 rings (SSSR count). The Bertz CT molecular complexity index is 1390. The van der Waals surface area contributed by atoms with Gasteiger partial charge in [0.15, 0.2) is 0 Å². The van der Waals surface area contributed by atoms with Crippen molar-refractivity contribution in [1.82, 2.24) is 26.2 Å². The van der Waals surface area contributed by atoms with Crippen LogP contribution in [0.2, 0.25) is 0 Å².